The van der Waals surface area contributed by atoms with E-state index >= 15 is 0 Å². The van der Waals surface area contributed by atoms with Gasteiger partial charge in [-0.25, -0.2) is 0 Å². The van der Waals surface area contributed by atoms with Gasteiger partial charge in [0.05, 0.1) is 0 Å². The van der Waals surface area contributed by atoms with Crippen LogP contribution in [0.15, 0.2) is 59.1 Å². The average Bonchev–Trinajstić information content (AvgIpc) is 2.42. The molecule has 1 amide bonds. The number of hydrogen-bond acceptors (Lipinski definition) is 2. The van der Waals surface area contributed by atoms with E-state index in [1.807, 2.05) is 54.6 Å². The largest absolute Gasteiger partial charge is 0.481 e. The third-order valence-corrected chi connectivity index (χ3v) is 3.07. The van der Waals surface area contributed by atoms with Crippen molar-refractivity contribution < 1.29 is 9.53 Å². The topological polar surface area (TPSA) is 38.3 Å². The first-order valence-corrected chi connectivity index (χ1v) is 6.72. The molecule has 0 heterocycles. The summed E-state index contributed by atoms with van der Waals surface area (Å²) in [7, 11) is 0. The molecule has 0 aliphatic heterocycles. The molecule has 0 aromatic heterocycles. The second kappa shape index (κ2) is 6.38. The van der Waals surface area contributed by atoms with Crippen LogP contribution in [0.4, 0.5) is 5.69 Å². The van der Waals surface area contributed by atoms with E-state index in [1.54, 1.807) is 6.92 Å². The van der Waals surface area contributed by atoms with Gasteiger partial charge in [0.25, 0.3) is 5.91 Å². The molecule has 2 aromatic rings. The van der Waals surface area contributed by atoms with Crippen molar-refractivity contribution in [3.05, 3.63) is 59.1 Å². The Morgan fingerprint density at radius 1 is 1.11 bits per heavy atom. The highest BCUT2D eigenvalue weighted by atomic mass is 79.9. The lowest BCUT2D eigenvalue weighted by Gasteiger charge is -2.14. The molecule has 0 aliphatic rings. The highest BCUT2D eigenvalue weighted by molar-refractivity contribution is 9.10. The Bertz CT molecular complexity index is 540. The number of benzene rings is 2. The van der Waals surface area contributed by atoms with Crippen LogP contribution in [0.2, 0.25) is 0 Å². The summed E-state index contributed by atoms with van der Waals surface area (Å²) in [5.41, 5.74) is 0.763. The molecule has 19 heavy (non-hydrogen) atoms. The Morgan fingerprint density at radius 2 is 1.74 bits per heavy atom. The van der Waals surface area contributed by atoms with Crippen molar-refractivity contribution in [1.82, 2.24) is 0 Å². The molecule has 0 bridgehead atoms. The van der Waals surface area contributed by atoms with Gasteiger partial charge in [-0.2, -0.15) is 0 Å². The Morgan fingerprint density at radius 3 is 2.37 bits per heavy atom. The molecule has 0 fully saturated rings. The summed E-state index contributed by atoms with van der Waals surface area (Å²) >= 11 is 3.35. The zero-order valence-electron chi connectivity index (χ0n) is 10.5. The molecule has 0 aliphatic carbocycles. The molecule has 0 saturated carbocycles. The van der Waals surface area contributed by atoms with Crippen molar-refractivity contribution in [2.45, 2.75) is 13.0 Å². The summed E-state index contributed by atoms with van der Waals surface area (Å²) in [6.07, 6.45) is -0.554. The van der Waals surface area contributed by atoms with Gasteiger partial charge in [-0.1, -0.05) is 34.1 Å². The van der Waals surface area contributed by atoms with Crippen LogP contribution in [0.3, 0.4) is 0 Å². The molecule has 1 N–H and O–H groups in total. The van der Waals surface area contributed by atoms with E-state index in [0.717, 1.165) is 10.2 Å². The van der Waals surface area contributed by atoms with Crippen LogP contribution in [-0.2, 0) is 4.79 Å². The molecule has 3 nitrogen and oxygen atoms in total. The van der Waals surface area contributed by atoms with Gasteiger partial charge >= 0.3 is 0 Å². The number of halogens is 1. The monoisotopic (exact) mass is 319 g/mol. The van der Waals surface area contributed by atoms with E-state index in [4.69, 9.17) is 4.74 Å². The van der Waals surface area contributed by atoms with Gasteiger partial charge in [0.2, 0.25) is 0 Å². The number of ether oxygens (including phenoxy) is 1. The summed E-state index contributed by atoms with van der Waals surface area (Å²) < 4.78 is 6.54. The Kier molecular flexibility index (Phi) is 4.58. The van der Waals surface area contributed by atoms with Crippen LogP contribution in [0, 0.1) is 0 Å². The first kappa shape index (κ1) is 13.6. The van der Waals surface area contributed by atoms with Crippen molar-refractivity contribution in [3.8, 4) is 5.75 Å². The number of hydrogen-bond donors (Lipinski definition) is 1. The molecule has 98 valence electrons. The van der Waals surface area contributed by atoms with Gasteiger partial charge in [-0.3, -0.25) is 4.79 Å². The molecule has 1 atom stereocenters. The predicted octanol–water partition coefficient (Wildman–Crippen LogP) is 3.86. The fourth-order valence-electron chi connectivity index (χ4n) is 1.54. The van der Waals surface area contributed by atoms with Crippen molar-refractivity contribution in [1.29, 1.82) is 0 Å². The Labute approximate surface area is 120 Å². The lowest BCUT2D eigenvalue weighted by atomic mass is 10.3. The molecular formula is C15H14BrNO2. The zero-order chi connectivity index (χ0) is 13.7. The third kappa shape index (κ3) is 4.10. The maximum absolute atomic E-state index is 11.9. The van der Waals surface area contributed by atoms with Crippen LogP contribution < -0.4 is 10.1 Å². The lowest BCUT2D eigenvalue weighted by Crippen LogP contribution is -2.30. The fourth-order valence-corrected chi connectivity index (χ4v) is 1.80. The predicted molar refractivity (Wildman–Crippen MR) is 79.3 cm³/mol. The molecule has 0 spiro atoms. The quantitative estimate of drug-likeness (QED) is 0.929. The minimum Gasteiger partial charge on any atom is -0.481 e. The van der Waals surface area contributed by atoms with Gasteiger partial charge in [0, 0.05) is 10.2 Å². The van der Waals surface area contributed by atoms with Crippen LogP contribution in [0.1, 0.15) is 6.92 Å². The van der Waals surface area contributed by atoms with E-state index in [2.05, 4.69) is 21.2 Å². The molecule has 2 rings (SSSR count). The third-order valence-electron chi connectivity index (χ3n) is 2.54. The van der Waals surface area contributed by atoms with Crippen LogP contribution >= 0.6 is 15.9 Å². The van der Waals surface area contributed by atoms with E-state index in [9.17, 15) is 4.79 Å². The first-order valence-electron chi connectivity index (χ1n) is 5.93. The number of amides is 1. The maximum Gasteiger partial charge on any atom is 0.265 e. The minimum atomic E-state index is -0.554. The van der Waals surface area contributed by atoms with Crippen molar-refractivity contribution in [2.24, 2.45) is 0 Å². The van der Waals surface area contributed by atoms with E-state index < -0.39 is 6.10 Å². The van der Waals surface area contributed by atoms with E-state index in [-0.39, 0.29) is 5.91 Å². The SMILES string of the molecule is C[C@H](Oc1ccc(Br)cc1)C(=O)Nc1ccccc1. The van der Waals surface area contributed by atoms with Crippen molar-refractivity contribution >= 4 is 27.5 Å². The van der Waals surface area contributed by atoms with Crippen molar-refractivity contribution in [3.63, 3.8) is 0 Å². The van der Waals surface area contributed by atoms with Crippen LogP contribution in [-0.4, -0.2) is 12.0 Å². The highest BCUT2D eigenvalue weighted by Gasteiger charge is 2.14. The van der Waals surface area contributed by atoms with Gasteiger partial charge in [0.1, 0.15) is 5.75 Å². The van der Waals surface area contributed by atoms with Gasteiger partial charge < -0.3 is 10.1 Å². The summed E-state index contributed by atoms with van der Waals surface area (Å²) in [6, 6.07) is 16.7. The summed E-state index contributed by atoms with van der Waals surface area (Å²) in [5, 5.41) is 2.80. The van der Waals surface area contributed by atoms with Crippen LogP contribution in [0.25, 0.3) is 0 Å². The number of carbonyl (C=O) groups is 1. The standard InChI is InChI=1S/C15H14BrNO2/c1-11(19-14-9-7-12(16)8-10-14)15(18)17-13-5-3-2-4-6-13/h2-11H,1H3,(H,17,18)/t11-/m0/s1. The highest BCUT2D eigenvalue weighted by Crippen LogP contribution is 2.17. The number of nitrogens with one attached hydrogen (secondary N) is 1. The fraction of sp³-hybridized carbons (Fsp3) is 0.133. The molecular weight excluding hydrogens is 306 g/mol. The minimum absolute atomic E-state index is 0.172. The van der Waals surface area contributed by atoms with Gasteiger partial charge in [-0.15, -0.1) is 0 Å². The van der Waals surface area contributed by atoms with Gasteiger partial charge in [0.15, 0.2) is 6.10 Å². The second-order valence-corrected chi connectivity index (χ2v) is 4.98. The van der Waals surface area contributed by atoms with Crippen LogP contribution in [0.5, 0.6) is 5.75 Å². The summed E-state index contributed by atoms with van der Waals surface area (Å²) in [6.45, 7) is 1.72. The Hall–Kier alpha value is -1.81. The lowest BCUT2D eigenvalue weighted by molar-refractivity contribution is -0.122. The van der Waals surface area contributed by atoms with E-state index in [1.165, 1.54) is 0 Å². The molecule has 4 heteroatoms. The van der Waals surface area contributed by atoms with E-state index in [0.29, 0.717) is 5.75 Å². The second-order valence-electron chi connectivity index (χ2n) is 4.07. The Balaban J connectivity index is 1.94. The smallest absolute Gasteiger partial charge is 0.265 e. The molecule has 2 aromatic carbocycles. The molecule has 0 saturated heterocycles. The summed E-state index contributed by atoms with van der Waals surface area (Å²) in [4.78, 5) is 11.9. The summed E-state index contributed by atoms with van der Waals surface area (Å²) in [5.74, 6) is 0.494. The zero-order valence-corrected chi connectivity index (χ0v) is 12.1. The molecule has 0 radical (unpaired) electrons. The first-order chi connectivity index (χ1) is 9.15. The maximum atomic E-state index is 11.9. The normalized spacial score (nSPS) is 11.7. The molecule has 0 unspecified atom stereocenters. The number of anilines is 1. The number of rotatable bonds is 4. The average molecular weight is 320 g/mol. The van der Waals surface area contributed by atoms with Crippen molar-refractivity contribution in [2.75, 3.05) is 5.32 Å². The number of carbonyl (C=O) groups excluding carboxylic acids is 1. The number of para-hydroxylation sites is 1. The van der Waals surface area contributed by atoms with Gasteiger partial charge in [-0.05, 0) is 43.3 Å².